The molecule has 0 aliphatic carbocycles. The number of anilines is 1. The summed E-state index contributed by atoms with van der Waals surface area (Å²) in [5.74, 6) is -0.999. The van der Waals surface area contributed by atoms with E-state index in [1.54, 1.807) is 26.4 Å². The molecule has 0 spiro atoms. The van der Waals surface area contributed by atoms with Crippen molar-refractivity contribution in [3.05, 3.63) is 34.9 Å². The van der Waals surface area contributed by atoms with Crippen molar-refractivity contribution in [1.82, 2.24) is 0 Å². The van der Waals surface area contributed by atoms with E-state index in [-0.39, 0.29) is 0 Å². The fourth-order valence-corrected chi connectivity index (χ4v) is 2.20. The number of hydrogen-bond donors (Lipinski definition) is 1. The van der Waals surface area contributed by atoms with Crippen LogP contribution in [0.1, 0.15) is 5.56 Å². The van der Waals surface area contributed by atoms with Crippen molar-refractivity contribution in [2.45, 2.75) is 0 Å². The molecular formula is C15H20ClNO4. The SMILES string of the molecule is COCCN(CCOC)c1c(Cl)cccc1/C=C/C(=O)O. The molecule has 0 atom stereocenters. The smallest absolute Gasteiger partial charge is 0.328 e. The zero-order valence-electron chi connectivity index (χ0n) is 12.2. The van der Waals surface area contributed by atoms with E-state index in [4.69, 9.17) is 26.2 Å². The summed E-state index contributed by atoms with van der Waals surface area (Å²) in [6, 6.07) is 5.40. The fourth-order valence-electron chi connectivity index (χ4n) is 1.90. The van der Waals surface area contributed by atoms with Gasteiger partial charge in [-0.25, -0.2) is 4.79 Å². The van der Waals surface area contributed by atoms with E-state index >= 15 is 0 Å². The van der Waals surface area contributed by atoms with Crippen molar-refractivity contribution < 1.29 is 19.4 Å². The summed E-state index contributed by atoms with van der Waals surface area (Å²) in [5.41, 5.74) is 1.53. The molecule has 1 N–H and O–H groups in total. The number of carboxylic acid groups (broad SMARTS) is 1. The van der Waals surface area contributed by atoms with E-state index in [0.29, 0.717) is 31.3 Å². The van der Waals surface area contributed by atoms with Crippen LogP contribution in [0.3, 0.4) is 0 Å². The number of para-hydroxylation sites is 1. The molecule has 1 rings (SSSR count). The molecule has 0 heterocycles. The quantitative estimate of drug-likeness (QED) is 0.710. The van der Waals surface area contributed by atoms with Gasteiger partial charge in [-0.05, 0) is 17.7 Å². The minimum absolute atomic E-state index is 0.539. The molecule has 0 saturated carbocycles. The predicted octanol–water partition coefficient (Wildman–Crippen LogP) is 2.54. The van der Waals surface area contributed by atoms with Crippen LogP contribution < -0.4 is 4.90 Å². The van der Waals surface area contributed by atoms with Gasteiger partial charge in [0.05, 0.1) is 23.9 Å². The number of ether oxygens (including phenoxy) is 2. The maximum atomic E-state index is 10.7. The van der Waals surface area contributed by atoms with Crippen molar-refractivity contribution in [1.29, 1.82) is 0 Å². The van der Waals surface area contributed by atoms with Gasteiger partial charge in [0.25, 0.3) is 0 Å². The van der Waals surface area contributed by atoms with Crippen LogP contribution in [0.5, 0.6) is 0 Å². The number of halogens is 1. The molecule has 0 bridgehead atoms. The van der Waals surface area contributed by atoms with Crippen molar-refractivity contribution in [2.75, 3.05) is 45.4 Å². The Labute approximate surface area is 129 Å². The van der Waals surface area contributed by atoms with Gasteiger partial charge >= 0.3 is 5.97 Å². The number of carboxylic acids is 1. The van der Waals surface area contributed by atoms with Crippen LogP contribution in [0, 0.1) is 0 Å². The molecular weight excluding hydrogens is 294 g/mol. The molecule has 0 amide bonds. The molecule has 1 aromatic carbocycles. The van der Waals surface area contributed by atoms with Gasteiger partial charge < -0.3 is 19.5 Å². The lowest BCUT2D eigenvalue weighted by atomic mass is 10.1. The minimum atomic E-state index is -0.999. The van der Waals surface area contributed by atoms with Crippen LogP contribution in [0.4, 0.5) is 5.69 Å². The number of carbonyl (C=O) groups is 1. The van der Waals surface area contributed by atoms with Crippen molar-refractivity contribution >= 4 is 29.3 Å². The zero-order valence-corrected chi connectivity index (χ0v) is 13.0. The Morgan fingerprint density at radius 2 is 1.90 bits per heavy atom. The molecule has 0 unspecified atom stereocenters. The van der Waals surface area contributed by atoms with Gasteiger partial charge in [0, 0.05) is 33.4 Å². The first-order chi connectivity index (χ1) is 10.1. The molecule has 1 aromatic rings. The largest absolute Gasteiger partial charge is 0.478 e. The molecule has 0 radical (unpaired) electrons. The second-order valence-electron chi connectivity index (χ2n) is 4.32. The number of rotatable bonds is 9. The highest BCUT2D eigenvalue weighted by molar-refractivity contribution is 6.33. The van der Waals surface area contributed by atoms with Gasteiger partial charge in [-0.2, -0.15) is 0 Å². The second-order valence-corrected chi connectivity index (χ2v) is 4.73. The third-order valence-electron chi connectivity index (χ3n) is 2.87. The molecule has 0 aliphatic heterocycles. The van der Waals surface area contributed by atoms with E-state index in [2.05, 4.69) is 0 Å². The highest BCUT2D eigenvalue weighted by Crippen LogP contribution is 2.30. The Bertz CT molecular complexity index is 483. The Kier molecular flexibility index (Phi) is 7.82. The lowest BCUT2D eigenvalue weighted by Gasteiger charge is -2.27. The molecule has 0 aliphatic rings. The summed E-state index contributed by atoms with van der Waals surface area (Å²) in [6.07, 6.45) is 2.64. The predicted molar refractivity (Wildman–Crippen MR) is 84.1 cm³/mol. The molecule has 21 heavy (non-hydrogen) atoms. The highest BCUT2D eigenvalue weighted by Gasteiger charge is 2.13. The molecule has 5 nitrogen and oxygen atoms in total. The van der Waals surface area contributed by atoms with Gasteiger partial charge in [0.2, 0.25) is 0 Å². The van der Waals surface area contributed by atoms with E-state index in [9.17, 15) is 4.79 Å². The lowest BCUT2D eigenvalue weighted by molar-refractivity contribution is -0.131. The average Bonchev–Trinajstić information content (AvgIpc) is 2.46. The normalized spacial score (nSPS) is 11.0. The van der Waals surface area contributed by atoms with Crippen molar-refractivity contribution in [3.63, 3.8) is 0 Å². The minimum Gasteiger partial charge on any atom is -0.478 e. The number of nitrogens with zero attached hydrogens (tertiary/aromatic N) is 1. The first-order valence-electron chi connectivity index (χ1n) is 6.52. The van der Waals surface area contributed by atoms with Crippen molar-refractivity contribution in [2.24, 2.45) is 0 Å². The van der Waals surface area contributed by atoms with E-state index in [1.165, 1.54) is 6.08 Å². The van der Waals surface area contributed by atoms with Gasteiger partial charge in [-0.3, -0.25) is 0 Å². The molecule has 116 valence electrons. The maximum absolute atomic E-state index is 10.7. The molecule has 0 aromatic heterocycles. The van der Waals surface area contributed by atoms with E-state index < -0.39 is 5.97 Å². The number of hydrogen-bond acceptors (Lipinski definition) is 4. The Hall–Kier alpha value is -1.56. The average molecular weight is 314 g/mol. The van der Waals surface area contributed by atoms with Gasteiger partial charge in [0.15, 0.2) is 0 Å². The van der Waals surface area contributed by atoms with Crippen LogP contribution in [0.15, 0.2) is 24.3 Å². The van der Waals surface area contributed by atoms with Gasteiger partial charge in [-0.1, -0.05) is 23.7 Å². The molecule has 6 heteroatoms. The third kappa shape index (κ3) is 5.75. The molecule has 0 saturated heterocycles. The van der Waals surface area contributed by atoms with E-state index in [0.717, 1.165) is 17.3 Å². The summed E-state index contributed by atoms with van der Waals surface area (Å²) in [7, 11) is 3.26. The first kappa shape index (κ1) is 17.5. The van der Waals surface area contributed by atoms with Crippen LogP contribution in [0.2, 0.25) is 5.02 Å². The Morgan fingerprint density at radius 3 is 2.43 bits per heavy atom. The van der Waals surface area contributed by atoms with Crippen molar-refractivity contribution in [3.8, 4) is 0 Å². The Morgan fingerprint density at radius 1 is 1.29 bits per heavy atom. The number of methoxy groups -OCH3 is 2. The van der Waals surface area contributed by atoms with Gasteiger partial charge in [-0.15, -0.1) is 0 Å². The van der Waals surface area contributed by atoms with Crippen LogP contribution in [-0.4, -0.2) is 51.6 Å². The number of benzene rings is 1. The summed E-state index contributed by atoms with van der Waals surface area (Å²) in [5, 5.41) is 9.35. The summed E-state index contributed by atoms with van der Waals surface area (Å²) < 4.78 is 10.2. The van der Waals surface area contributed by atoms with Crippen LogP contribution >= 0.6 is 11.6 Å². The van der Waals surface area contributed by atoms with Crippen LogP contribution in [0.25, 0.3) is 6.08 Å². The number of aliphatic carboxylic acids is 1. The zero-order chi connectivity index (χ0) is 15.7. The maximum Gasteiger partial charge on any atom is 0.328 e. The van der Waals surface area contributed by atoms with E-state index in [1.807, 2.05) is 11.0 Å². The third-order valence-corrected chi connectivity index (χ3v) is 3.18. The van der Waals surface area contributed by atoms with Gasteiger partial charge in [0.1, 0.15) is 0 Å². The summed E-state index contributed by atoms with van der Waals surface area (Å²) >= 11 is 6.29. The molecule has 0 fully saturated rings. The summed E-state index contributed by atoms with van der Waals surface area (Å²) in [6.45, 7) is 2.35. The fraction of sp³-hybridized carbons (Fsp3) is 0.400. The standard InChI is InChI=1S/C15H20ClNO4/c1-20-10-8-17(9-11-21-2)15-12(6-7-14(18)19)4-3-5-13(15)16/h3-7H,8-11H2,1-2H3,(H,18,19)/b7-6+. The summed E-state index contributed by atoms with van der Waals surface area (Å²) in [4.78, 5) is 12.7. The monoisotopic (exact) mass is 313 g/mol. The second kappa shape index (κ2) is 9.39. The van der Waals surface area contributed by atoms with Crippen LogP contribution in [-0.2, 0) is 14.3 Å². The lowest BCUT2D eigenvalue weighted by Crippen LogP contribution is -2.31. The first-order valence-corrected chi connectivity index (χ1v) is 6.90. The Balaban J connectivity index is 3.11. The topological polar surface area (TPSA) is 59.0 Å². The highest BCUT2D eigenvalue weighted by atomic mass is 35.5.